The molecule has 1 aliphatic rings. The van der Waals surface area contributed by atoms with Crippen molar-refractivity contribution >= 4 is 33.0 Å². The van der Waals surface area contributed by atoms with E-state index in [-0.39, 0.29) is 22.9 Å². The van der Waals surface area contributed by atoms with Crippen molar-refractivity contribution in [2.24, 2.45) is 0 Å². The van der Waals surface area contributed by atoms with Crippen LogP contribution in [0.2, 0.25) is 0 Å². The van der Waals surface area contributed by atoms with Crippen molar-refractivity contribution in [1.82, 2.24) is 9.21 Å². The number of ether oxygens (including phenoxy) is 1. The van der Waals surface area contributed by atoms with Gasteiger partial charge in [0, 0.05) is 57.4 Å². The number of methoxy groups -OCH3 is 1. The van der Waals surface area contributed by atoms with Crippen LogP contribution in [0.5, 0.6) is 0 Å². The van der Waals surface area contributed by atoms with Crippen LogP contribution >= 0.6 is 11.3 Å². The van der Waals surface area contributed by atoms with Gasteiger partial charge in [0.05, 0.1) is 12.7 Å². The van der Waals surface area contributed by atoms with E-state index < -0.39 is 16.0 Å². The van der Waals surface area contributed by atoms with Gasteiger partial charge in [-0.3, -0.25) is 4.90 Å². The smallest absolute Gasteiger partial charge is 0.340 e. The summed E-state index contributed by atoms with van der Waals surface area (Å²) in [5, 5.41) is 0. The second-order valence-corrected chi connectivity index (χ2v) is 11.3. The molecule has 9 heteroatoms. The summed E-state index contributed by atoms with van der Waals surface area (Å²) in [5.74, 6) is -0.615. The Morgan fingerprint density at radius 1 is 1.18 bits per heavy atom. The first-order valence-corrected chi connectivity index (χ1v) is 12.9. The highest BCUT2D eigenvalue weighted by Crippen LogP contribution is 2.38. The van der Waals surface area contributed by atoms with E-state index in [1.165, 1.54) is 40.5 Å². The second kappa shape index (κ2) is 10.6. The minimum Gasteiger partial charge on any atom is -0.465 e. The van der Waals surface area contributed by atoms with E-state index in [2.05, 4.69) is 47.2 Å². The summed E-state index contributed by atoms with van der Waals surface area (Å²) < 4.78 is 33.2. The molecule has 0 amide bonds. The van der Waals surface area contributed by atoms with E-state index in [9.17, 15) is 13.2 Å². The SMILES string of the molecule is C=CCN(CC=C)S(=O)(=O)c1sc2c(c1C(=O)OC)CCN(Cc1ccc(N(C)C)cc1)C2. The molecule has 178 valence electrons. The molecule has 0 spiro atoms. The predicted molar refractivity (Wildman–Crippen MR) is 133 cm³/mol. The van der Waals surface area contributed by atoms with Crippen LogP contribution in [-0.4, -0.2) is 64.4 Å². The van der Waals surface area contributed by atoms with Gasteiger partial charge < -0.3 is 9.64 Å². The standard InChI is InChI=1S/C24H31N3O4S2/c1-6-13-27(14-7-2)33(29,30)24-22(23(28)31-5)20-12-15-26(17-21(20)32-24)16-18-8-10-19(11-9-18)25(3)4/h6-11H,1-2,12-17H2,3-5H3. The van der Waals surface area contributed by atoms with Crippen molar-refractivity contribution in [3.63, 3.8) is 0 Å². The largest absolute Gasteiger partial charge is 0.465 e. The van der Waals surface area contributed by atoms with Gasteiger partial charge in [0.15, 0.2) is 0 Å². The number of fused-ring (bicyclic) bond motifs is 1. The highest BCUT2D eigenvalue weighted by atomic mass is 32.2. The number of esters is 1. The van der Waals surface area contributed by atoms with E-state index in [0.29, 0.717) is 13.0 Å². The number of hydrogen-bond acceptors (Lipinski definition) is 7. The normalized spacial score (nSPS) is 14.1. The Labute approximate surface area is 200 Å². The first kappa shape index (κ1) is 25.2. The van der Waals surface area contributed by atoms with Gasteiger partial charge in [0.2, 0.25) is 0 Å². The molecular formula is C24H31N3O4S2. The Morgan fingerprint density at radius 3 is 2.36 bits per heavy atom. The Morgan fingerprint density at radius 2 is 1.82 bits per heavy atom. The van der Waals surface area contributed by atoms with Crippen LogP contribution in [0.15, 0.2) is 53.8 Å². The van der Waals surface area contributed by atoms with Gasteiger partial charge in [0.25, 0.3) is 10.0 Å². The average Bonchev–Trinajstić information content (AvgIpc) is 3.18. The lowest BCUT2D eigenvalue weighted by atomic mass is 10.0. The van der Waals surface area contributed by atoms with Crippen LogP contribution in [-0.2, 0) is 34.3 Å². The molecular weight excluding hydrogens is 458 g/mol. The van der Waals surface area contributed by atoms with Gasteiger partial charge in [-0.25, -0.2) is 13.2 Å². The minimum absolute atomic E-state index is 0.0419. The minimum atomic E-state index is -3.91. The zero-order valence-electron chi connectivity index (χ0n) is 19.4. The maximum Gasteiger partial charge on any atom is 0.340 e. The summed E-state index contributed by atoms with van der Waals surface area (Å²) >= 11 is 1.17. The lowest BCUT2D eigenvalue weighted by Gasteiger charge is -2.27. The van der Waals surface area contributed by atoms with Crippen molar-refractivity contribution in [2.45, 2.75) is 23.7 Å². The molecule has 0 bridgehead atoms. The molecule has 0 radical (unpaired) electrons. The second-order valence-electron chi connectivity index (χ2n) is 8.08. The van der Waals surface area contributed by atoms with Crippen molar-refractivity contribution < 1.29 is 17.9 Å². The Kier molecular flexibility index (Phi) is 8.12. The molecule has 1 aliphatic heterocycles. The number of sulfonamides is 1. The summed E-state index contributed by atoms with van der Waals surface area (Å²) in [4.78, 5) is 17.9. The molecule has 2 heterocycles. The van der Waals surface area contributed by atoms with Crippen molar-refractivity contribution in [3.05, 3.63) is 71.1 Å². The molecule has 0 fully saturated rings. The summed E-state index contributed by atoms with van der Waals surface area (Å²) in [7, 11) is 1.38. The first-order valence-electron chi connectivity index (χ1n) is 10.7. The summed E-state index contributed by atoms with van der Waals surface area (Å²) in [6, 6.07) is 8.39. The number of hydrogen-bond donors (Lipinski definition) is 0. The molecule has 0 unspecified atom stereocenters. The van der Waals surface area contributed by atoms with Crippen LogP contribution in [0.4, 0.5) is 5.69 Å². The van der Waals surface area contributed by atoms with E-state index >= 15 is 0 Å². The fourth-order valence-electron chi connectivity index (χ4n) is 3.89. The molecule has 1 aromatic heterocycles. The monoisotopic (exact) mass is 489 g/mol. The molecule has 0 aliphatic carbocycles. The third kappa shape index (κ3) is 5.38. The summed E-state index contributed by atoms with van der Waals surface area (Å²) in [6.45, 7) is 9.63. The lowest BCUT2D eigenvalue weighted by molar-refractivity contribution is 0.0595. The van der Waals surface area contributed by atoms with E-state index in [0.717, 1.165) is 29.2 Å². The van der Waals surface area contributed by atoms with Crippen LogP contribution in [0.1, 0.15) is 26.4 Å². The predicted octanol–water partition coefficient (Wildman–Crippen LogP) is 3.52. The van der Waals surface area contributed by atoms with Crippen LogP contribution < -0.4 is 4.90 Å². The van der Waals surface area contributed by atoms with E-state index in [4.69, 9.17) is 4.74 Å². The number of rotatable bonds is 10. The summed E-state index contributed by atoms with van der Waals surface area (Å²) in [6.07, 6.45) is 3.63. The average molecular weight is 490 g/mol. The number of anilines is 1. The first-order chi connectivity index (χ1) is 15.7. The molecule has 0 atom stereocenters. The van der Waals surface area contributed by atoms with Gasteiger partial charge in [-0.2, -0.15) is 4.31 Å². The van der Waals surface area contributed by atoms with Crippen molar-refractivity contribution in [1.29, 1.82) is 0 Å². The lowest BCUT2D eigenvalue weighted by Crippen LogP contribution is -2.32. The Balaban J connectivity index is 1.92. The zero-order valence-corrected chi connectivity index (χ0v) is 21.0. The third-order valence-electron chi connectivity index (χ3n) is 5.59. The molecule has 0 saturated carbocycles. The number of nitrogens with zero attached hydrogens (tertiary/aromatic N) is 3. The fraction of sp³-hybridized carbons (Fsp3) is 0.375. The Hall–Kier alpha value is -2.46. The quantitative estimate of drug-likeness (QED) is 0.376. The number of carbonyl (C=O) groups is 1. The molecule has 33 heavy (non-hydrogen) atoms. The fourth-order valence-corrected chi connectivity index (χ4v) is 7.34. The molecule has 2 aromatic rings. The van der Waals surface area contributed by atoms with Crippen LogP contribution in [0.25, 0.3) is 0 Å². The van der Waals surface area contributed by atoms with Gasteiger partial charge >= 0.3 is 5.97 Å². The number of benzene rings is 1. The highest BCUT2D eigenvalue weighted by molar-refractivity contribution is 7.91. The number of thiophene rings is 1. The molecule has 0 saturated heterocycles. The molecule has 1 aromatic carbocycles. The summed E-state index contributed by atoms with van der Waals surface area (Å²) in [5.41, 5.74) is 3.27. The zero-order chi connectivity index (χ0) is 24.2. The Bertz CT molecular complexity index is 1110. The third-order valence-corrected chi connectivity index (χ3v) is 9.14. The van der Waals surface area contributed by atoms with Gasteiger partial charge in [0.1, 0.15) is 4.21 Å². The van der Waals surface area contributed by atoms with Crippen molar-refractivity contribution in [2.75, 3.05) is 45.7 Å². The van der Waals surface area contributed by atoms with Gasteiger partial charge in [-0.1, -0.05) is 24.3 Å². The topological polar surface area (TPSA) is 70.2 Å². The molecule has 7 nitrogen and oxygen atoms in total. The van der Waals surface area contributed by atoms with Crippen LogP contribution in [0.3, 0.4) is 0 Å². The highest BCUT2D eigenvalue weighted by Gasteiger charge is 2.36. The number of carbonyl (C=O) groups excluding carboxylic acids is 1. The maximum atomic E-state index is 13.4. The van der Waals surface area contributed by atoms with Gasteiger partial charge in [-0.05, 0) is 29.7 Å². The van der Waals surface area contributed by atoms with Gasteiger partial charge in [-0.15, -0.1) is 24.5 Å². The van der Waals surface area contributed by atoms with E-state index in [1.807, 2.05) is 14.1 Å². The maximum absolute atomic E-state index is 13.4. The van der Waals surface area contributed by atoms with Crippen LogP contribution in [0, 0.1) is 0 Å². The van der Waals surface area contributed by atoms with Crippen molar-refractivity contribution in [3.8, 4) is 0 Å². The molecule has 0 N–H and O–H groups in total. The molecule has 3 rings (SSSR count). The van der Waals surface area contributed by atoms with E-state index in [1.54, 1.807) is 0 Å².